The second kappa shape index (κ2) is 10.1. The summed E-state index contributed by atoms with van der Waals surface area (Å²) < 4.78 is 17.6. The minimum atomic E-state index is -0.804. The summed E-state index contributed by atoms with van der Waals surface area (Å²) in [5.41, 5.74) is -0.678. The molecular formula is C23H29N3O7. The number of aliphatic hydroxyl groups excluding tert-OH is 1. The van der Waals surface area contributed by atoms with E-state index in [1.165, 1.54) is 16.7 Å². The summed E-state index contributed by atoms with van der Waals surface area (Å²) in [6.07, 6.45) is -0.744. The Morgan fingerprint density at radius 1 is 1.15 bits per heavy atom. The van der Waals surface area contributed by atoms with E-state index in [1.54, 1.807) is 20.8 Å². The predicted octanol–water partition coefficient (Wildman–Crippen LogP) is 1.85. The van der Waals surface area contributed by atoms with Crippen LogP contribution in [-0.4, -0.2) is 59.2 Å². The van der Waals surface area contributed by atoms with Crippen molar-refractivity contribution in [2.75, 3.05) is 31.9 Å². The standard InChI is InChI=1S/C23H29N3O7/c1-23(2,3)33-22(30)25-15-24(10-11-31-4)21(29)19-20(18(28)12-17(13-27)26(19)25)32-14-16-8-6-5-7-9-16/h5-9,12,27H,10-11,13-15H2,1-4H3. The smallest absolute Gasteiger partial charge is 0.431 e. The van der Waals surface area contributed by atoms with Crippen LogP contribution in [0.2, 0.25) is 0 Å². The maximum atomic E-state index is 13.4. The Kier molecular flexibility index (Phi) is 7.39. The Hall–Kier alpha value is -3.37. The molecule has 1 N–H and O–H groups in total. The highest BCUT2D eigenvalue weighted by molar-refractivity contribution is 5.98. The van der Waals surface area contributed by atoms with Crippen LogP contribution in [0.15, 0.2) is 41.2 Å². The van der Waals surface area contributed by atoms with Gasteiger partial charge in [-0.3, -0.25) is 9.59 Å². The summed E-state index contributed by atoms with van der Waals surface area (Å²) in [6, 6.07) is 10.3. The van der Waals surface area contributed by atoms with E-state index in [0.717, 1.165) is 16.6 Å². The topological polar surface area (TPSA) is 111 Å². The third-order valence-electron chi connectivity index (χ3n) is 4.81. The average molecular weight is 459 g/mol. The normalized spacial score (nSPS) is 13.7. The molecule has 2 aromatic rings. The number of ether oxygens (including phenoxy) is 3. The zero-order valence-corrected chi connectivity index (χ0v) is 19.2. The molecular weight excluding hydrogens is 430 g/mol. The molecule has 0 bridgehead atoms. The number of carbonyl (C=O) groups excluding carboxylic acids is 2. The van der Waals surface area contributed by atoms with Gasteiger partial charge < -0.3 is 24.2 Å². The summed E-state index contributed by atoms with van der Waals surface area (Å²) in [6.45, 7) is 4.86. The molecule has 0 aliphatic carbocycles. The highest BCUT2D eigenvalue weighted by Crippen LogP contribution is 2.25. The van der Waals surface area contributed by atoms with E-state index in [2.05, 4.69) is 0 Å². The van der Waals surface area contributed by atoms with Crippen LogP contribution < -0.4 is 15.2 Å². The van der Waals surface area contributed by atoms with Gasteiger partial charge in [0.2, 0.25) is 5.43 Å². The van der Waals surface area contributed by atoms with E-state index in [0.29, 0.717) is 0 Å². The van der Waals surface area contributed by atoms with E-state index in [-0.39, 0.29) is 43.6 Å². The van der Waals surface area contributed by atoms with Gasteiger partial charge >= 0.3 is 6.09 Å². The van der Waals surface area contributed by atoms with E-state index >= 15 is 0 Å². The molecule has 0 atom stereocenters. The first kappa shape index (κ1) is 24.3. The molecule has 1 aliphatic heterocycles. The number of methoxy groups -OCH3 is 1. The fourth-order valence-electron chi connectivity index (χ4n) is 3.35. The number of aliphatic hydroxyl groups is 1. The zero-order chi connectivity index (χ0) is 24.2. The zero-order valence-electron chi connectivity index (χ0n) is 19.2. The first-order valence-electron chi connectivity index (χ1n) is 10.5. The number of aromatic nitrogens is 1. The van der Waals surface area contributed by atoms with Crippen molar-refractivity contribution in [1.29, 1.82) is 0 Å². The number of benzene rings is 1. The minimum absolute atomic E-state index is 0.0410. The van der Waals surface area contributed by atoms with Gasteiger partial charge in [-0.2, -0.15) is 5.01 Å². The van der Waals surface area contributed by atoms with Crippen LogP contribution in [-0.2, 0) is 22.7 Å². The van der Waals surface area contributed by atoms with Gasteiger partial charge in [0.25, 0.3) is 5.91 Å². The number of amides is 2. The fraction of sp³-hybridized carbons (Fsp3) is 0.435. The van der Waals surface area contributed by atoms with Crippen LogP contribution in [0.25, 0.3) is 0 Å². The van der Waals surface area contributed by atoms with E-state index in [4.69, 9.17) is 14.2 Å². The van der Waals surface area contributed by atoms with E-state index < -0.39 is 29.6 Å². The molecule has 33 heavy (non-hydrogen) atoms. The first-order chi connectivity index (χ1) is 15.7. The van der Waals surface area contributed by atoms with Gasteiger partial charge in [0.1, 0.15) is 18.9 Å². The Balaban J connectivity index is 2.12. The molecule has 0 spiro atoms. The molecule has 178 valence electrons. The largest absolute Gasteiger partial charge is 0.482 e. The Morgan fingerprint density at radius 2 is 1.85 bits per heavy atom. The molecule has 0 fully saturated rings. The molecule has 2 amide bonds. The van der Waals surface area contributed by atoms with Crippen LogP contribution in [0.3, 0.4) is 0 Å². The van der Waals surface area contributed by atoms with Gasteiger partial charge in [-0.1, -0.05) is 30.3 Å². The SMILES string of the molecule is COCCN1CN(C(=O)OC(C)(C)C)n2c(CO)cc(=O)c(OCc3ccccc3)c2C1=O. The lowest BCUT2D eigenvalue weighted by Crippen LogP contribution is -2.58. The third kappa shape index (κ3) is 5.52. The summed E-state index contributed by atoms with van der Waals surface area (Å²) in [5.74, 6) is -0.737. The maximum absolute atomic E-state index is 13.4. The molecule has 0 saturated carbocycles. The first-order valence-corrected chi connectivity index (χ1v) is 10.5. The number of rotatable bonds is 7. The summed E-state index contributed by atoms with van der Waals surface area (Å²) in [4.78, 5) is 40.7. The Morgan fingerprint density at radius 3 is 2.45 bits per heavy atom. The van der Waals surface area contributed by atoms with E-state index in [9.17, 15) is 19.5 Å². The number of pyridine rings is 1. The molecule has 3 rings (SSSR count). The van der Waals surface area contributed by atoms with Gasteiger partial charge in [-0.15, -0.1) is 0 Å². The van der Waals surface area contributed by atoms with E-state index in [1.807, 2.05) is 30.3 Å². The monoisotopic (exact) mass is 459 g/mol. The lowest BCUT2D eigenvalue weighted by molar-refractivity contribution is 0.0418. The third-order valence-corrected chi connectivity index (χ3v) is 4.81. The highest BCUT2D eigenvalue weighted by Gasteiger charge is 2.38. The average Bonchev–Trinajstić information content (AvgIpc) is 2.77. The number of fused-ring (bicyclic) bond motifs is 1. The van der Waals surface area contributed by atoms with Crippen LogP contribution in [0.4, 0.5) is 4.79 Å². The van der Waals surface area contributed by atoms with Crippen molar-refractivity contribution in [3.8, 4) is 5.75 Å². The van der Waals surface area contributed by atoms with Gasteiger partial charge in [0.15, 0.2) is 11.4 Å². The van der Waals surface area contributed by atoms with Crippen molar-refractivity contribution >= 4 is 12.0 Å². The Bertz CT molecular complexity index is 1060. The lowest BCUT2D eigenvalue weighted by atomic mass is 10.2. The summed E-state index contributed by atoms with van der Waals surface area (Å²) in [5, 5.41) is 11.1. The van der Waals surface area contributed by atoms with Gasteiger partial charge in [-0.25, -0.2) is 9.47 Å². The van der Waals surface area contributed by atoms with Crippen LogP contribution >= 0.6 is 0 Å². The van der Waals surface area contributed by atoms with Crippen molar-refractivity contribution in [2.45, 2.75) is 39.6 Å². The number of hydrogen-bond donors (Lipinski definition) is 1. The second-order valence-electron chi connectivity index (χ2n) is 8.50. The van der Waals surface area contributed by atoms with Gasteiger partial charge in [0.05, 0.1) is 18.9 Å². The molecule has 10 nitrogen and oxygen atoms in total. The number of carbonyl (C=O) groups is 2. The van der Waals surface area contributed by atoms with Crippen LogP contribution in [0.1, 0.15) is 42.5 Å². The van der Waals surface area contributed by atoms with Gasteiger partial charge in [-0.05, 0) is 26.3 Å². The lowest BCUT2D eigenvalue weighted by Gasteiger charge is -2.40. The molecule has 0 radical (unpaired) electrons. The number of hydrogen-bond acceptors (Lipinski definition) is 7. The minimum Gasteiger partial charge on any atom is -0.482 e. The predicted molar refractivity (Wildman–Crippen MR) is 120 cm³/mol. The Labute approximate surface area is 191 Å². The molecule has 1 aromatic heterocycles. The van der Waals surface area contributed by atoms with Crippen molar-refractivity contribution in [3.63, 3.8) is 0 Å². The highest BCUT2D eigenvalue weighted by atomic mass is 16.6. The molecule has 10 heteroatoms. The van der Waals surface area contributed by atoms with Crippen molar-refractivity contribution in [2.24, 2.45) is 0 Å². The maximum Gasteiger partial charge on any atom is 0.431 e. The fourth-order valence-corrected chi connectivity index (χ4v) is 3.35. The van der Waals surface area contributed by atoms with Crippen molar-refractivity contribution in [3.05, 3.63) is 63.6 Å². The summed E-state index contributed by atoms with van der Waals surface area (Å²) >= 11 is 0. The molecule has 0 saturated heterocycles. The summed E-state index contributed by atoms with van der Waals surface area (Å²) in [7, 11) is 1.50. The molecule has 2 heterocycles. The van der Waals surface area contributed by atoms with Crippen LogP contribution in [0.5, 0.6) is 5.75 Å². The molecule has 0 unspecified atom stereocenters. The quantitative estimate of drug-likeness (QED) is 0.673. The van der Waals surface area contributed by atoms with Gasteiger partial charge in [0, 0.05) is 19.7 Å². The number of nitrogens with zero attached hydrogens (tertiary/aromatic N) is 3. The second-order valence-corrected chi connectivity index (χ2v) is 8.50. The van der Waals surface area contributed by atoms with Crippen molar-refractivity contribution in [1.82, 2.24) is 9.58 Å². The molecule has 1 aromatic carbocycles. The molecule has 1 aliphatic rings. The van der Waals surface area contributed by atoms with Crippen molar-refractivity contribution < 1.29 is 28.9 Å². The van der Waals surface area contributed by atoms with Crippen LogP contribution in [0, 0.1) is 0 Å².